The van der Waals surface area contributed by atoms with E-state index in [-0.39, 0.29) is 23.0 Å². The van der Waals surface area contributed by atoms with E-state index in [9.17, 15) is 9.59 Å². The minimum atomic E-state index is -0.313. The van der Waals surface area contributed by atoms with Crippen molar-refractivity contribution in [2.45, 2.75) is 43.3 Å². The van der Waals surface area contributed by atoms with Gasteiger partial charge in [0.1, 0.15) is 0 Å². The molecule has 2 unspecified atom stereocenters. The Kier molecular flexibility index (Phi) is 6.65. The molecule has 1 saturated carbocycles. The summed E-state index contributed by atoms with van der Waals surface area (Å²) in [6.07, 6.45) is 2.36. The molecule has 1 aromatic carbocycles. The van der Waals surface area contributed by atoms with E-state index in [1.165, 1.54) is 11.8 Å². The summed E-state index contributed by atoms with van der Waals surface area (Å²) < 4.78 is 5.05. The Morgan fingerprint density at radius 3 is 2.83 bits per heavy atom. The number of esters is 1. The summed E-state index contributed by atoms with van der Waals surface area (Å²) in [4.78, 5) is 25.0. The maximum absolute atomic E-state index is 12.2. The van der Waals surface area contributed by atoms with Gasteiger partial charge in [-0.05, 0) is 45.2 Å². The largest absolute Gasteiger partial charge is 0.465 e. The van der Waals surface area contributed by atoms with Gasteiger partial charge in [0, 0.05) is 4.90 Å². The van der Waals surface area contributed by atoms with E-state index >= 15 is 0 Å². The zero-order valence-corrected chi connectivity index (χ0v) is 14.3. The topological polar surface area (TPSA) is 67.8 Å². The number of carbonyl (C=O) groups is 2. The highest BCUT2D eigenvalue weighted by atomic mass is 32.2. The van der Waals surface area contributed by atoms with Crippen LogP contribution in [0.2, 0.25) is 0 Å². The van der Waals surface area contributed by atoms with Crippen LogP contribution in [0.1, 0.15) is 33.1 Å². The minimum absolute atomic E-state index is 0.166. The Balaban J connectivity index is 1.90. The van der Waals surface area contributed by atoms with Gasteiger partial charge in [-0.3, -0.25) is 9.59 Å². The second-order valence-electron chi connectivity index (χ2n) is 5.35. The highest BCUT2D eigenvalue weighted by Gasteiger charge is 2.30. The van der Waals surface area contributed by atoms with E-state index in [4.69, 9.17) is 4.74 Å². The van der Waals surface area contributed by atoms with Crippen molar-refractivity contribution in [1.82, 2.24) is 5.43 Å². The molecule has 0 aliphatic heterocycles. The van der Waals surface area contributed by atoms with Crippen molar-refractivity contribution in [3.05, 3.63) is 30.3 Å². The number of hydrogen-bond donors (Lipinski definition) is 1. The molecule has 1 N–H and O–H groups in total. The van der Waals surface area contributed by atoms with Crippen LogP contribution >= 0.6 is 11.8 Å². The van der Waals surface area contributed by atoms with Crippen LogP contribution in [0.15, 0.2) is 40.3 Å². The van der Waals surface area contributed by atoms with Crippen molar-refractivity contribution < 1.29 is 14.3 Å². The van der Waals surface area contributed by atoms with Gasteiger partial charge in [-0.25, -0.2) is 5.43 Å². The molecule has 0 aromatic heterocycles. The smallest absolute Gasteiger partial charge is 0.314 e. The summed E-state index contributed by atoms with van der Waals surface area (Å²) in [5, 5.41) is 3.91. The summed E-state index contributed by atoms with van der Waals surface area (Å²) in [6.45, 7) is 3.98. The van der Waals surface area contributed by atoms with Crippen molar-refractivity contribution in [1.29, 1.82) is 0 Å². The molecule has 5 nitrogen and oxygen atoms in total. The second kappa shape index (κ2) is 8.72. The molecule has 1 aromatic rings. The molecule has 0 radical (unpaired) electrons. The number of rotatable bonds is 6. The molecular formula is C17H22N2O3S. The molecule has 6 heteroatoms. The van der Waals surface area contributed by atoms with E-state index in [0.29, 0.717) is 12.3 Å². The normalized spacial score (nSPS) is 20.3. The van der Waals surface area contributed by atoms with Gasteiger partial charge in [-0.1, -0.05) is 18.2 Å². The maximum atomic E-state index is 12.2. The van der Waals surface area contributed by atoms with Gasteiger partial charge in [0.05, 0.1) is 23.5 Å². The van der Waals surface area contributed by atoms with Crippen molar-refractivity contribution >= 4 is 29.4 Å². The fraction of sp³-hybridized carbons (Fsp3) is 0.471. The third-order valence-corrected chi connectivity index (χ3v) is 4.75. The molecule has 1 amide bonds. The van der Waals surface area contributed by atoms with Crippen molar-refractivity contribution in [3.63, 3.8) is 0 Å². The van der Waals surface area contributed by atoms with Gasteiger partial charge >= 0.3 is 5.97 Å². The van der Waals surface area contributed by atoms with E-state index in [2.05, 4.69) is 10.5 Å². The summed E-state index contributed by atoms with van der Waals surface area (Å²) in [5.41, 5.74) is 3.31. The van der Waals surface area contributed by atoms with Crippen molar-refractivity contribution in [2.75, 3.05) is 6.61 Å². The van der Waals surface area contributed by atoms with Crippen molar-refractivity contribution in [3.8, 4) is 0 Å². The number of nitrogens with zero attached hydrogens (tertiary/aromatic N) is 1. The fourth-order valence-corrected chi connectivity index (χ4v) is 3.32. The maximum Gasteiger partial charge on any atom is 0.314 e. The Labute approximate surface area is 140 Å². The number of hydrogen-bond acceptors (Lipinski definition) is 5. The molecule has 0 spiro atoms. The van der Waals surface area contributed by atoms with Gasteiger partial charge < -0.3 is 4.74 Å². The van der Waals surface area contributed by atoms with Crippen LogP contribution in [0.25, 0.3) is 0 Å². The zero-order valence-electron chi connectivity index (χ0n) is 13.5. The molecule has 0 bridgehead atoms. The van der Waals surface area contributed by atoms with Crippen LogP contribution in [0, 0.1) is 5.92 Å². The number of nitrogens with one attached hydrogen (secondary N) is 1. The average Bonchev–Trinajstić information content (AvgIpc) is 3.02. The van der Waals surface area contributed by atoms with E-state index in [0.717, 1.165) is 24.2 Å². The summed E-state index contributed by atoms with van der Waals surface area (Å²) in [7, 11) is 0. The van der Waals surface area contributed by atoms with Gasteiger partial charge in [0.2, 0.25) is 0 Å². The van der Waals surface area contributed by atoms with Gasteiger partial charge in [-0.2, -0.15) is 5.10 Å². The molecule has 2 atom stereocenters. The number of benzene rings is 1. The van der Waals surface area contributed by atoms with Gasteiger partial charge in [0.15, 0.2) is 0 Å². The Morgan fingerprint density at radius 1 is 1.39 bits per heavy atom. The highest BCUT2D eigenvalue weighted by molar-refractivity contribution is 8.00. The zero-order chi connectivity index (χ0) is 16.7. The first kappa shape index (κ1) is 17.5. The molecule has 124 valence electrons. The van der Waals surface area contributed by atoms with E-state index < -0.39 is 0 Å². The van der Waals surface area contributed by atoms with E-state index in [1.807, 2.05) is 37.3 Å². The summed E-state index contributed by atoms with van der Waals surface area (Å²) >= 11 is 1.48. The first-order valence-corrected chi connectivity index (χ1v) is 8.74. The average molecular weight is 334 g/mol. The SMILES string of the molecule is CCOC(=O)C1CCC/C1=N\NC(=O)C(C)Sc1ccccc1. The highest BCUT2D eigenvalue weighted by Crippen LogP contribution is 2.25. The quantitative estimate of drug-likeness (QED) is 0.493. The van der Waals surface area contributed by atoms with Crippen LogP contribution < -0.4 is 5.43 Å². The van der Waals surface area contributed by atoms with Crippen LogP contribution in [0.5, 0.6) is 0 Å². The summed E-state index contributed by atoms with van der Waals surface area (Å²) in [5.74, 6) is -0.724. The Bertz CT molecular complexity index is 574. The predicted molar refractivity (Wildman–Crippen MR) is 91.3 cm³/mol. The predicted octanol–water partition coefficient (Wildman–Crippen LogP) is 3.00. The lowest BCUT2D eigenvalue weighted by atomic mass is 10.1. The number of hydrazone groups is 1. The molecule has 1 fully saturated rings. The molecular weight excluding hydrogens is 312 g/mol. The van der Waals surface area contributed by atoms with Crippen LogP contribution in [-0.2, 0) is 14.3 Å². The molecule has 2 rings (SSSR count). The Morgan fingerprint density at radius 2 is 2.13 bits per heavy atom. The molecule has 1 aliphatic carbocycles. The Hall–Kier alpha value is -1.82. The second-order valence-corrected chi connectivity index (χ2v) is 6.76. The first-order valence-electron chi connectivity index (χ1n) is 7.86. The third kappa shape index (κ3) is 5.10. The molecule has 1 aliphatic rings. The minimum Gasteiger partial charge on any atom is -0.465 e. The van der Waals surface area contributed by atoms with Gasteiger partial charge in [-0.15, -0.1) is 11.8 Å². The lowest BCUT2D eigenvalue weighted by molar-refractivity contribution is -0.145. The van der Waals surface area contributed by atoms with Crippen LogP contribution in [0.3, 0.4) is 0 Å². The molecule has 0 saturated heterocycles. The number of ether oxygens (including phenoxy) is 1. The van der Waals surface area contributed by atoms with Gasteiger partial charge in [0.25, 0.3) is 5.91 Å². The van der Waals surface area contributed by atoms with E-state index in [1.54, 1.807) is 6.92 Å². The van der Waals surface area contributed by atoms with Crippen molar-refractivity contribution in [2.24, 2.45) is 11.0 Å². The number of amides is 1. The first-order chi connectivity index (χ1) is 11.1. The fourth-order valence-electron chi connectivity index (χ4n) is 2.43. The lowest BCUT2D eigenvalue weighted by Crippen LogP contribution is -2.30. The third-order valence-electron chi connectivity index (χ3n) is 3.63. The standard InChI is InChI=1S/C17H22N2O3S/c1-3-22-17(21)14-10-7-11-15(14)18-19-16(20)12(2)23-13-8-5-4-6-9-13/h4-6,8-9,12,14H,3,7,10-11H2,1-2H3,(H,19,20)/b18-15+. The lowest BCUT2D eigenvalue weighted by Gasteiger charge is -2.12. The number of carbonyl (C=O) groups excluding carboxylic acids is 2. The molecule has 23 heavy (non-hydrogen) atoms. The molecule has 0 heterocycles. The van der Waals surface area contributed by atoms with Crippen LogP contribution in [0.4, 0.5) is 0 Å². The monoisotopic (exact) mass is 334 g/mol. The summed E-state index contributed by atoms with van der Waals surface area (Å²) in [6, 6.07) is 9.75. The number of thioether (sulfide) groups is 1. The van der Waals surface area contributed by atoms with Crippen LogP contribution in [-0.4, -0.2) is 29.4 Å².